The topological polar surface area (TPSA) is 92.1 Å². The van der Waals surface area contributed by atoms with Gasteiger partial charge in [0, 0.05) is 14.1 Å². The van der Waals surface area contributed by atoms with Crippen molar-refractivity contribution in [3.8, 4) is 11.5 Å². The Labute approximate surface area is 145 Å². The smallest absolute Gasteiger partial charge is 0.263 e. The van der Waals surface area contributed by atoms with Crippen LogP contribution in [0.4, 0.5) is 0 Å². The fourth-order valence-corrected chi connectivity index (χ4v) is 3.82. The minimum absolute atomic E-state index is 0.0509. The second-order valence-electron chi connectivity index (χ2n) is 5.48. The van der Waals surface area contributed by atoms with Crippen LogP contribution in [-0.2, 0) is 0 Å². The van der Waals surface area contributed by atoms with Crippen molar-refractivity contribution in [1.82, 2.24) is 34.7 Å². The van der Waals surface area contributed by atoms with Gasteiger partial charge in [0.1, 0.15) is 16.9 Å². The van der Waals surface area contributed by atoms with E-state index in [1.165, 1.54) is 17.5 Å². The quantitative estimate of drug-likeness (QED) is 0.591. The molecule has 4 aromatic rings. The summed E-state index contributed by atoms with van der Waals surface area (Å²) in [5.41, 5.74) is 2.03. The van der Waals surface area contributed by atoms with Crippen molar-refractivity contribution in [3.63, 3.8) is 0 Å². The van der Waals surface area contributed by atoms with Crippen molar-refractivity contribution in [2.75, 3.05) is 14.1 Å². The summed E-state index contributed by atoms with van der Waals surface area (Å²) in [6, 6.07) is 0. The second kappa shape index (κ2) is 5.25. The van der Waals surface area contributed by atoms with Crippen LogP contribution in [0.25, 0.3) is 27.4 Å². The lowest BCUT2D eigenvalue weighted by Crippen LogP contribution is -2.21. The molecule has 4 aromatic heterocycles. The van der Waals surface area contributed by atoms with Crippen LogP contribution >= 0.6 is 22.9 Å². The molecular formula is C14H12ClN7OS. The van der Waals surface area contributed by atoms with Gasteiger partial charge in [-0.2, -0.15) is 5.10 Å². The summed E-state index contributed by atoms with van der Waals surface area (Å²) in [6.07, 6.45) is 3.08. The summed E-state index contributed by atoms with van der Waals surface area (Å²) in [5, 5.41) is 12.3. The molecule has 4 rings (SSSR count). The molecule has 0 fully saturated rings. The number of hydrogen-bond donors (Lipinski definition) is 1. The number of H-pyrrole nitrogens is 1. The monoisotopic (exact) mass is 361 g/mol. The summed E-state index contributed by atoms with van der Waals surface area (Å²) in [4.78, 5) is 24.3. The number of aryl methyl sites for hydroxylation is 1. The fraction of sp³-hybridized carbons (Fsp3) is 0.214. The van der Waals surface area contributed by atoms with Crippen LogP contribution in [0.3, 0.4) is 0 Å². The molecule has 0 radical (unpaired) electrons. The maximum absolute atomic E-state index is 12.3. The zero-order valence-corrected chi connectivity index (χ0v) is 14.6. The molecule has 122 valence electrons. The molecular weight excluding hydrogens is 350 g/mol. The van der Waals surface area contributed by atoms with Crippen molar-refractivity contribution in [3.05, 3.63) is 28.0 Å². The third-order valence-electron chi connectivity index (χ3n) is 3.68. The lowest BCUT2D eigenvalue weighted by atomic mass is 10.2. The summed E-state index contributed by atoms with van der Waals surface area (Å²) in [7, 11) is 3.45. The Bertz CT molecular complexity index is 1090. The first-order valence-corrected chi connectivity index (χ1v) is 8.22. The number of thiophene rings is 1. The van der Waals surface area contributed by atoms with E-state index in [0.717, 1.165) is 15.8 Å². The average Bonchev–Trinajstić information content (AvgIpc) is 3.22. The van der Waals surface area contributed by atoms with Gasteiger partial charge in [0.2, 0.25) is 5.82 Å². The van der Waals surface area contributed by atoms with Crippen LogP contribution < -0.4 is 0 Å². The van der Waals surface area contributed by atoms with Gasteiger partial charge in [0.05, 0.1) is 21.5 Å². The molecule has 0 saturated heterocycles. The maximum atomic E-state index is 12.3. The Morgan fingerprint density at radius 3 is 2.88 bits per heavy atom. The number of nitrogens with one attached hydrogen (secondary N) is 1. The minimum atomic E-state index is -0.0509. The van der Waals surface area contributed by atoms with E-state index < -0.39 is 0 Å². The van der Waals surface area contributed by atoms with Crippen molar-refractivity contribution in [2.24, 2.45) is 0 Å². The molecule has 24 heavy (non-hydrogen) atoms. The summed E-state index contributed by atoms with van der Waals surface area (Å²) < 4.78 is 1.58. The normalized spacial score (nSPS) is 11.5. The molecule has 0 aliphatic heterocycles. The predicted octanol–water partition coefficient (Wildman–Crippen LogP) is 2.39. The predicted molar refractivity (Wildman–Crippen MR) is 91.5 cm³/mol. The van der Waals surface area contributed by atoms with Gasteiger partial charge in [0.15, 0.2) is 5.65 Å². The summed E-state index contributed by atoms with van der Waals surface area (Å²) >= 11 is 7.44. The van der Waals surface area contributed by atoms with Crippen molar-refractivity contribution in [1.29, 1.82) is 0 Å². The highest BCUT2D eigenvalue weighted by Gasteiger charge is 2.22. The highest BCUT2D eigenvalue weighted by molar-refractivity contribution is 7.20. The standard InChI is InChI=1S/C14H12ClN7OS/c1-6-8-12-18-11(9-7(15)4-17-19-9)20-22(12)5-16-13(8)24-10(6)14(23)21(2)3/h4-5H,1-3H3,(H,17,19). The number of aromatic amines is 1. The Kier molecular flexibility index (Phi) is 3.29. The van der Waals surface area contributed by atoms with Gasteiger partial charge in [-0.25, -0.2) is 14.5 Å². The molecule has 0 aromatic carbocycles. The first-order valence-electron chi connectivity index (χ1n) is 7.02. The Morgan fingerprint density at radius 1 is 1.42 bits per heavy atom. The lowest BCUT2D eigenvalue weighted by molar-refractivity contribution is 0.0831. The van der Waals surface area contributed by atoms with E-state index >= 15 is 0 Å². The molecule has 0 bridgehead atoms. The first kappa shape index (κ1) is 15.0. The zero-order valence-electron chi connectivity index (χ0n) is 13.0. The number of fused-ring (bicyclic) bond motifs is 3. The van der Waals surface area contributed by atoms with E-state index in [1.807, 2.05) is 6.92 Å². The van der Waals surface area contributed by atoms with E-state index in [9.17, 15) is 4.79 Å². The van der Waals surface area contributed by atoms with Crippen molar-refractivity contribution in [2.45, 2.75) is 6.92 Å². The van der Waals surface area contributed by atoms with E-state index in [1.54, 1.807) is 29.8 Å². The second-order valence-corrected chi connectivity index (χ2v) is 6.88. The van der Waals surface area contributed by atoms with Crippen molar-refractivity contribution < 1.29 is 4.79 Å². The van der Waals surface area contributed by atoms with Crippen LogP contribution in [0.1, 0.15) is 15.2 Å². The van der Waals surface area contributed by atoms with E-state index in [2.05, 4.69) is 25.3 Å². The Balaban J connectivity index is 1.99. The first-order chi connectivity index (χ1) is 11.5. The lowest BCUT2D eigenvalue weighted by Gasteiger charge is -2.08. The maximum Gasteiger partial charge on any atom is 0.263 e. The van der Waals surface area contributed by atoms with Crippen molar-refractivity contribution >= 4 is 44.7 Å². The van der Waals surface area contributed by atoms with Crippen LogP contribution in [0, 0.1) is 6.92 Å². The van der Waals surface area contributed by atoms with Crippen LogP contribution in [0.5, 0.6) is 0 Å². The third-order valence-corrected chi connectivity index (χ3v) is 5.16. The van der Waals surface area contributed by atoms with E-state index in [0.29, 0.717) is 27.1 Å². The van der Waals surface area contributed by atoms with Crippen LogP contribution in [0.15, 0.2) is 12.5 Å². The number of aromatic nitrogens is 6. The number of halogens is 1. The van der Waals surface area contributed by atoms with Gasteiger partial charge in [-0.1, -0.05) is 11.6 Å². The molecule has 4 heterocycles. The number of hydrogen-bond acceptors (Lipinski definition) is 6. The van der Waals surface area contributed by atoms with Crippen LogP contribution in [-0.4, -0.2) is 54.7 Å². The third kappa shape index (κ3) is 2.09. The van der Waals surface area contributed by atoms with Gasteiger partial charge < -0.3 is 4.90 Å². The molecule has 1 amide bonds. The minimum Gasteiger partial charge on any atom is -0.344 e. The molecule has 10 heteroatoms. The molecule has 0 spiro atoms. The largest absolute Gasteiger partial charge is 0.344 e. The number of carbonyl (C=O) groups excluding carboxylic acids is 1. The summed E-state index contributed by atoms with van der Waals surface area (Å²) in [6.45, 7) is 1.90. The number of amides is 1. The Morgan fingerprint density at radius 2 is 2.21 bits per heavy atom. The number of nitrogens with zero attached hydrogens (tertiary/aromatic N) is 6. The highest BCUT2D eigenvalue weighted by atomic mass is 35.5. The van der Waals surface area contributed by atoms with Gasteiger partial charge >= 0.3 is 0 Å². The van der Waals surface area contributed by atoms with Gasteiger partial charge in [-0.05, 0) is 12.5 Å². The van der Waals surface area contributed by atoms with E-state index in [-0.39, 0.29) is 5.91 Å². The molecule has 1 N–H and O–H groups in total. The average molecular weight is 362 g/mol. The fourth-order valence-electron chi connectivity index (χ4n) is 2.48. The molecule has 0 saturated carbocycles. The van der Waals surface area contributed by atoms with E-state index in [4.69, 9.17) is 11.6 Å². The number of carbonyl (C=O) groups is 1. The molecule has 0 aliphatic carbocycles. The molecule has 0 aliphatic rings. The molecule has 0 atom stereocenters. The van der Waals surface area contributed by atoms with Gasteiger partial charge in [-0.3, -0.25) is 9.89 Å². The SMILES string of the molecule is Cc1c(C(=O)N(C)C)sc2ncn3nc(-c4[nH]ncc4Cl)nc3c12. The van der Waals surface area contributed by atoms with Gasteiger partial charge in [-0.15, -0.1) is 16.4 Å². The highest BCUT2D eigenvalue weighted by Crippen LogP contribution is 2.33. The summed E-state index contributed by atoms with van der Waals surface area (Å²) in [5.74, 6) is 0.378. The van der Waals surface area contributed by atoms with Crippen LogP contribution in [0.2, 0.25) is 5.02 Å². The number of rotatable bonds is 2. The van der Waals surface area contributed by atoms with Gasteiger partial charge in [0.25, 0.3) is 5.91 Å². The molecule has 0 unspecified atom stereocenters. The zero-order chi connectivity index (χ0) is 17.0. The Hall–Kier alpha value is -2.52. The molecule has 8 nitrogen and oxygen atoms in total.